The maximum Gasteiger partial charge on any atom is 0.303 e. The lowest BCUT2D eigenvalue weighted by Crippen LogP contribution is -2.55. The first-order valence-corrected chi connectivity index (χ1v) is 7.17. The fourth-order valence-corrected chi connectivity index (χ4v) is 3.78. The third kappa shape index (κ3) is 1.91. The third-order valence-electron chi connectivity index (χ3n) is 4.79. The summed E-state index contributed by atoms with van der Waals surface area (Å²) >= 11 is 0. The van der Waals surface area contributed by atoms with Crippen molar-refractivity contribution in [2.75, 3.05) is 13.2 Å². The van der Waals surface area contributed by atoms with E-state index in [4.69, 9.17) is 14.2 Å². The molecule has 1 spiro atoms. The molecule has 20 heavy (non-hydrogen) atoms. The molecule has 2 atom stereocenters. The average molecular weight is 280 g/mol. The molecule has 3 rings (SSSR count). The summed E-state index contributed by atoms with van der Waals surface area (Å²) in [6, 6.07) is 0. The van der Waals surface area contributed by atoms with E-state index in [1.54, 1.807) is 6.08 Å². The summed E-state index contributed by atoms with van der Waals surface area (Å²) in [5, 5.41) is 0. The molecule has 1 heterocycles. The van der Waals surface area contributed by atoms with Crippen LogP contribution in [-0.2, 0) is 23.8 Å². The molecule has 0 N–H and O–H groups in total. The Bertz CT molecular complexity index is 475. The lowest BCUT2D eigenvalue weighted by Gasteiger charge is -2.51. The lowest BCUT2D eigenvalue weighted by molar-refractivity contribution is -0.242. The molecular weight excluding hydrogens is 260 g/mol. The van der Waals surface area contributed by atoms with Crippen molar-refractivity contribution < 1.29 is 23.8 Å². The molecular formula is C15H20O5. The van der Waals surface area contributed by atoms with Crippen LogP contribution in [0.5, 0.6) is 0 Å². The van der Waals surface area contributed by atoms with E-state index >= 15 is 0 Å². The standard InChI is InChI=1S/C15H20O5/c1-10(16)20-13-9-14(2)11(8-12(13)17)4-3-5-15(14)18-6-7-19-15/h8,13H,3-7,9H2,1-2H3. The number of carbonyl (C=O) groups excluding carboxylic acids is 2. The van der Waals surface area contributed by atoms with Crippen LogP contribution in [0.3, 0.4) is 0 Å². The number of ether oxygens (including phenoxy) is 3. The van der Waals surface area contributed by atoms with Crippen LogP contribution >= 0.6 is 0 Å². The molecule has 2 aliphatic carbocycles. The zero-order valence-electron chi connectivity index (χ0n) is 11.9. The van der Waals surface area contributed by atoms with Gasteiger partial charge >= 0.3 is 5.97 Å². The summed E-state index contributed by atoms with van der Waals surface area (Å²) in [7, 11) is 0. The van der Waals surface area contributed by atoms with Gasteiger partial charge in [0.15, 0.2) is 17.7 Å². The molecule has 0 aromatic carbocycles. The summed E-state index contributed by atoms with van der Waals surface area (Å²) in [6.45, 7) is 4.55. The van der Waals surface area contributed by atoms with Crippen molar-refractivity contribution in [2.45, 2.75) is 51.4 Å². The topological polar surface area (TPSA) is 61.8 Å². The lowest BCUT2D eigenvalue weighted by atomic mass is 9.61. The molecule has 0 aromatic heterocycles. The number of carbonyl (C=O) groups is 2. The Morgan fingerprint density at radius 1 is 1.40 bits per heavy atom. The van der Waals surface area contributed by atoms with Crippen molar-refractivity contribution in [1.82, 2.24) is 0 Å². The molecule has 0 aromatic rings. The van der Waals surface area contributed by atoms with E-state index in [9.17, 15) is 9.59 Å². The van der Waals surface area contributed by atoms with Gasteiger partial charge in [0.2, 0.25) is 0 Å². The maximum absolute atomic E-state index is 12.1. The van der Waals surface area contributed by atoms with Crippen LogP contribution in [0.25, 0.3) is 0 Å². The highest BCUT2D eigenvalue weighted by Crippen LogP contribution is 2.56. The van der Waals surface area contributed by atoms with Gasteiger partial charge in [0.1, 0.15) is 0 Å². The Balaban J connectivity index is 1.96. The fourth-order valence-electron chi connectivity index (χ4n) is 3.78. The largest absolute Gasteiger partial charge is 0.454 e. The SMILES string of the molecule is CC(=O)OC1CC2(C)C(=CC1=O)CCCC21OCCO1. The van der Waals surface area contributed by atoms with Gasteiger partial charge in [0.05, 0.1) is 13.2 Å². The normalized spacial score (nSPS) is 35.6. The summed E-state index contributed by atoms with van der Waals surface area (Å²) in [6.07, 6.45) is 4.02. The van der Waals surface area contributed by atoms with Crippen molar-refractivity contribution in [1.29, 1.82) is 0 Å². The molecule has 0 amide bonds. The number of fused-ring (bicyclic) bond motifs is 2. The van der Waals surface area contributed by atoms with Crippen LogP contribution in [0.2, 0.25) is 0 Å². The van der Waals surface area contributed by atoms with Gasteiger partial charge in [-0.25, -0.2) is 0 Å². The van der Waals surface area contributed by atoms with Crippen molar-refractivity contribution in [2.24, 2.45) is 5.41 Å². The first kappa shape index (κ1) is 13.8. The van der Waals surface area contributed by atoms with E-state index in [2.05, 4.69) is 6.92 Å². The van der Waals surface area contributed by atoms with E-state index < -0.39 is 23.3 Å². The molecule has 5 nitrogen and oxygen atoms in total. The van der Waals surface area contributed by atoms with Crippen molar-refractivity contribution in [3.8, 4) is 0 Å². The van der Waals surface area contributed by atoms with Gasteiger partial charge in [0.25, 0.3) is 0 Å². The second-order valence-electron chi connectivity index (χ2n) is 6.01. The number of esters is 1. The van der Waals surface area contributed by atoms with Gasteiger partial charge < -0.3 is 14.2 Å². The van der Waals surface area contributed by atoms with Gasteiger partial charge in [-0.3, -0.25) is 9.59 Å². The van der Waals surface area contributed by atoms with Crippen LogP contribution in [0.1, 0.15) is 39.5 Å². The Morgan fingerprint density at radius 2 is 2.10 bits per heavy atom. The molecule has 1 saturated heterocycles. The number of ketones is 1. The van der Waals surface area contributed by atoms with E-state index in [1.165, 1.54) is 6.92 Å². The summed E-state index contributed by atoms with van der Waals surface area (Å²) < 4.78 is 17.0. The first-order chi connectivity index (χ1) is 9.47. The average Bonchev–Trinajstić information content (AvgIpc) is 2.83. The maximum atomic E-state index is 12.1. The second kappa shape index (κ2) is 4.67. The van der Waals surface area contributed by atoms with E-state index in [0.717, 1.165) is 24.8 Å². The van der Waals surface area contributed by atoms with Gasteiger partial charge in [-0.2, -0.15) is 0 Å². The van der Waals surface area contributed by atoms with Crippen LogP contribution < -0.4 is 0 Å². The Hall–Kier alpha value is -1.20. The zero-order valence-corrected chi connectivity index (χ0v) is 11.9. The molecule has 1 saturated carbocycles. The van der Waals surface area contributed by atoms with Gasteiger partial charge in [-0.05, 0) is 18.9 Å². The monoisotopic (exact) mass is 280 g/mol. The van der Waals surface area contributed by atoms with Gasteiger partial charge in [0, 0.05) is 25.2 Å². The minimum absolute atomic E-state index is 0.122. The zero-order chi connectivity index (χ0) is 14.4. The van der Waals surface area contributed by atoms with E-state index in [1.807, 2.05) is 0 Å². The van der Waals surface area contributed by atoms with Crippen molar-refractivity contribution in [3.63, 3.8) is 0 Å². The highest BCUT2D eigenvalue weighted by atomic mass is 16.7. The Morgan fingerprint density at radius 3 is 2.75 bits per heavy atom. The highest BCUT2D eigenvalue weighted by Gasteiger charge is 2.59. The van der Waals surface area contributed by atoms with Gasteiger partial charge in [-0.15, -0.1) is 0 Å². The minimum atomic E-state index is -0.718. The van der Waals surface area contributed by atoms with Crippen LogP contribution in [-0.4, -0.2) is 36.9 Å². The molecule has 2 unspecified atom stereocenters. The number of rotatable bonds is 1. The molecule has 2 fully saturated rings. The number of hydrogen-bond acceptors (Lipinski definition) is 5. The Kier molecular flexibility index (Phi) is 3.21. The summed E-state index contributed by atoms with van der Waals surface area (Å²) in [5.74, 6) is -1.21. The molecule has 0 bridgehead atoms. The quantitative estimate of drug-likeness (QED) is 0.685. The third-order valence-corrected chi connectivity index (χ3v) is 4.79. The van der Waals surface area contributed by atoms with Crippen molar-refractivity contribution >= 4 is 11.8 Å². The second-order valence-corrected chi connectivity index (χ2v) is 6.01. The summed E-state index contributed by atoms with van der Waals surface area (Å²) in [5.41, 5.74) is 0.675. The molecule has 5 heteroatoms. The van der Waals surface area contributed by atoms with Crippen LogP contribution in [0.4, 0.5) is 0 Å². The van der Waals surface area contributed by atoms with Crippen LogP contribution in [0, 0.1) is 5.41 Å². The minimum Gasteiger partial charge on any atom is -0.454 e. The van der Waals surface area contributed by atoms with Crippen molar-refractivity contribution in [3.05, 3.63) is 11.6 Å². The predicted octanol–water partition coefficient (Wildman–Crippen LogP) is 1.75. The van der Waals surface area contributed by atoms with E-state index in [0.29, 0.717) is 19.6 Å². The predicted molar refractivity (Wildman–Crippen MR) is 69.9 cm³/mol. The molecule has 3 aliphatic rings. The first-order valence-electron chi connectivity index (χ1n) is 7.17. The molecule has 1 aliphatic heterocycles. The summed E-state index contributed by atoms with van der Waals surface area (Å²) in [4.78, 5) is 23.3. The van der Waals surface area contributed by atoms with Gasteiger partial charge in [-0.1, -0.05) is 12.5 Å². The molecule has 110 valence electrons. The van der Waals surface area contributed by atoms with Crippen LogP contribution in [0.15, 0.2) is 11.6 Å². The molecule has 0 radical (unpaired) electrons. The highest BCUT2D eigenvalue weighted by molar-refractivity contribution is 5.96. The Labute approximate surface area is 118 Å². The fraction of sp³-hybridized carbons (Fsp3) is 0.733. The smallest absolute Gasteiger partial charge is 0.303 e. The van der Waals surface area contributed by atoms with E-state index in [-0.39, 0.29) is 5.78 Å². The number of hydrogen-bond donors (Lipinski definition) is 0.